The molecule has 0 radical (unpaired) electrons. The lowest BCUT2D eigenvalue weighted by Gasteiger charge is -2.27. The molecule has 21 heavy (non-hydrogen) atoms. The molecule has 1 aliphatic rings. The van der Waals surface area contributed by atoms with Crippen molar-refractivity contribution in [3.63, 3.8) is 0 Å². The maximum Gasteiger partial charge on any atom is 0.272 e. The summed E-state index contributed by atoms with van der Waals surface area (Å²) in [6.07, 6.45) is 3.56. The lowest BCUT2D eigenvalue weighted by atomic mass is 10.00. The van der Waals surface area contributed by atoms with Crippen molar-refractivity contribution in [3.8, 4) is 11.8 Å². The molecule has 5 heteroatoms. The number of ether oxygens (including phenoxy) is 1. The molecule has 0 bridgehead atoms. The van der Waals surface area contributed by atoms with Crippen LogP contribution in [0.3, 0.4) is 0 Å². The SMILES string of the molecule is CN(CC1CCOCC1)C(=O)c1ccc(C#CCO)cn1. The third kappa shape index (κ3) is 4.55. The van der Waals surface area contributed by atoms with E-state index in [1.54, 1.807) is 30.3 Å². The Kier molecular flexibility index (Phi) is 5.73. The Hall–Kier alpha value is -1.90. The molecule has 1 aromatic heterocycles. The van der Waals surface area contributed by atoms with Crippen LogP contribution < -0.4 is 0 Å². The first-order chi connectivity index (χ1) is 10.2. The van der Waals surface area contributed by atoms with E-state index in [0.717, 1.165) is 32.6 Å². The number of carbonyl (C=O) groups excluding carboxylic acids is 1. The van der Waals surface area contributed by atoms with Gasteiger partial charge in [-0.25, -0.2) is 4.98 Å². The van der Waals surface area contributed by atoms with E-state index >= 15 is 0 Å². The molecule has 0 spiro atoms. The zero-order chi connectivity index (χ0) is 15.1. The van der Waals surface area contributed by atoms with Gasteiger partial charge < -0.3 is 14.7 Å². The Balaban J connectivity index is 1.94. The first kappa shape index (κ1) is 15.5. The third-order valence-electron chi connectivity index (χ3n) is 3.51. The monoisotopic (exact) mass is 288 g/mol. The predicted molar refractivity (Wildman–Crippen MR) is 78.7 cm³/mol. The van der Waals surface area contributed by atoms with Crippen LogP contribution in [0, 0.1) is 17.8 Å². The molecule has 0 saturated carbocycles. The van der Waals surface area contributed by atoms with Crippen molar-refractivity contribution in [3.05, 3.63) is 29.6 Å². The van der Waals surface area contributed by atoms with Crippen molar-refractivity contribution in [2.45, 2.75) is 12.8 Å². The number of aromatic nitrogens is 1. The zero-order valence-electron chi connectivity index (χ0n) is 12.2. The molecule has 1 fully saturated rings. The van der Waals surface area contributed by atoms with Gasteiger partial charge in [-0.2, -0.15) is 0 Å². The Morgan fingerprint density at radius 1 is 1.48 bits per heavy atom. The van der Waals surface area contributed by atoms with Crippen LogP contribution in [0.1, 0.15) is 28.9 Å². The summed E-state index contributed by atoms with van der Waals surface area (Å²) >= 11 is 0. The second-order valence-electron chi connectivity index (χ2n) is 5.13. The van der Waals surface area contributed by atoms with Crippen LogP contribution in [0.2, 0.25) is 0 Å². The van der Waals surface area contributed by atoms with Gasteiger partial charge in [0.05, 0.1) is 0 Å². The molecule has 5 nitrogen and oxygen atoms in total. The molecule has 1 aliphatic heterocycles. The van der Waals surface area contributed by atoms with Crippen molar-refractivity contribution in [1.82, 2.24) is 9.88 Å². The number of amides is 1. The third-order valence-corrected chi connectivity index (χ3v) is 3.51. The Morgan fingerprint density at radius 2 is 2.24 bits per heavy atom. The molecule has 1 saturated heterocycles. The number of carbonyl (C=O) groups is 1. The summed E-state index contributed by atoms with van der Waals surface area (Å²) in [5, 5.41) is 8.64. The van der Waals surface area contributed by atoms with Gasteiger partial charge in [-0.1, -0.05) is 11.8 Å². The fraction of sp³-hybridized carbons (Fsp3) is 0.500. The maximum absolute atomic E-state index is 12.3. The van der Waals surface area contributed by atoms with Crippen LogP contribution in [0.25, 0.3) is 0 Å². The van der Waals surface area contributed by atoms with Gasteiger partial charge in [0, 0.05) is 38.6 Å². The van der Waals surface area contributed by atoms with E-state index in [1.165, 1.54) is 0 Å². The van der Waals surface area contributed by atoms with Gasteiger partial charge in [-0.15, -0.1) is 0 Å². The molecule has 0 aliphatic carbocycles. The van der Waals surface area contributed by atoms with E-state index in [0.29, 0.717) is 17.2 Å². The van der Waals surface area contributed by atoms with Gasteiger partial charge in [-0.3, -0.25) is 4.79 Å². The Labute approximate surface area is 124 Å². The van der Waals surface area contributed by atoms with Crippen LogP contribution in [-0.2, 0) is 4.74 Å². The average molecular weight is 288 g/mol. The van der Waals surface area contributed by atoms with Gasteiger partial charge in [0.15, 0.2) is 0 Å². The van der Waals surface area contributed by atoms with Crippen LogP contribution in [-0.4, -0.2) is 54.3 Å². The van der Waals surface area contributed by atoms with E-state index in [-0.39, 0.29) is 12.5 Å². The Morgan fingerprint density at radius 3 is 2.86 bits per heavy atom. The first-order valence-electron chi connectivity index (χ1n) is 7.09. The highest BCUT2D eigenvalue weighted by atomic mass is 16.5. The molecule has 0 unspecified atom stereocenters. The number of aliphatic hydroxyl groups is 1. The van der Waals surface area contributed by atoms with Crippen molar-refractivity contribution >= 4 is 5.91 Å². The summed E-state index contributed by atoms with van der Waals surface area (Å²) in [5.41, 5.74) is 1.10. The van der Waals surface area contributed by atoms with E-state index < -0.39 is 0 Å². The summed E-state index contributed by atoms with van der Waals surface area (Å²) in [6.45, 7) is 2.11. The lowest BCUT2D eigenvalue weighted by molar-refractivity contribution is 0.0495. The summed E-state index contributed by atoms with van der Waals surface area (Å²) in [5.74, 6) is 5.72. The number of pyridine rings is 1. The maximum atomic E-state index is 12.3. The molecule has 1 N–H and O–H groups in total. The van der Waals surface area contributed by atoms with Crippen LogP contribution in [0.15, 0.2) is 18.3 Å². The zero-order valence-corrected chi connectivity index (χ0v) is 12.2. The van der Waals surface area contributed by atoms with E-state index in [2.05, 4.69) is 16.8 Å². The summed E-state index contributed by atoms with van der Waals surface area (Å²) < 4.78 is 5.33. The fourth-order valence-corrected chi connectivity index (χ4v) is 2.33. The number of hydrogen-bond donors (Lipinski definition) is 1. The minimum atomic E-state index is -0.186. The number of hydrogen-bond acceptors (Lipinski definition) is 4. The highest BCUT2D eigenvalue weighted by Crippen LogP contribution is 2.16. The topological polar surface area (TPSA) is 62.7 Å². The first-order valence-corrected chi connectivity index (χ1v) is 7.09. The molecule has 0 aromatic carbocycles. The Bertz CT molecular complexity index is 525. The van der Waals surface area contributed by atoms with E-state index in [9.17, 15) is 4.79 Å². The minimum absolute atomic E-state index is 0.0804. The highest BCUT2D eigenvalue weighted by molar-refractivity contribution is 5.92. The molecule has 2 rings (SSSR count). The summed E-state index contributed by atoms with van der Waals surface area (Å²) in [4.78, 5) is 18.2. The predicted octanol–water partition coefficient (Wildman–Crippen LogP) is 0.924. The van der Waals surface area contributed by atoms with Gasteiger partial charge in [-0.05, 0) is 30.9 Å². The highest BCUT2D eigenvalue weighted by Gasteiger charge is 2.20. The van der Waals surface area contributed by atoms with E-state index in [1.807, 2.05) is 0 Å². The van der Waals surface area contributed by atoms with Gasteiger partial charge in [0.25, 0.3) is 5.91 Å². The molecule has 0 atom stereocenters. The number of aliphatic hydroxyl groups excluding tert-OH is 1. The van der Waals surface area contributed by atoms with Gasteiger partial charge in [0.2, 0.25) is 0 Å². The normalized spacial score (nSPS) is 15.1. The van der Waals surface area contributed by atoms with Crippen LogP contribution >= 0.6 is 0 Å². The van der Waals surface area contributed by atoms with Crippen molar-refractivity contribution in [1.29, 1.82) is 0 Å². The largest absolute Gasteiger partial charge is 0.384 e. The molecule has 1 amide bonds. The molecular weight excluding hydrogens is 268 g/mol. The molecule has 112 valence electrons. The fourth-order valence-electron chi connectivity index (χ4n) is 2.33. The molecule has 1 aromatic rings. The smallest absolute Gasteiger partial charge is 0.272 e. The average Bonchev–Trinajstić information content (AvgIpc) is 2.53. The van der Waals surface area contributed by atoms with Crippen molar-refractivity contribution in [2.24, 2.45) is 5.92 Å². The summed E-state index contributed by atoms with van der Waals surface area (Å²) in [7, 11) is 1.80. The van der Waals surface area contributed by atoms with Crippen LogP contribution in [0.5, 0.6) is 0 Å². The lowest BCUT2D eigenvalue weighted by Crippen LogP contribution is -2.34. The van der Waals surface area contributed by atoms with Crippen molar-refractivity contribution in [2.75, 3.05) is 33.4 Å². The molecule has 2 heterocycles. The minimum Gasteiger partial charge on any atom is -0.384 e. The number of rotatable bonds is 3. The van der Waals surface area contributed by atoms with Crippen molar-refractivity contribution < 1.29 is 14.6 Å². The second-order valence-corrected chi connectivity index (χ2v) is 5.13. The number of nitrogens with zero attached hydrogens (tertiary/aromatic N) is 2. The summed E-state index contributed by atoms with van der Waals surface area (Å²) in [6, 6.07) is 3.41. The molecular formula is C16H20N2O3. The standard InChI is InChI=1S/C16H20N2O3/c1-18(12-14-6-9-21-10-7-14)16(20)15-5-4-13(11-17-15)3-2-8-19/h4-5,11,14,19H,6-10,12H2,1H3. The second kappa shape index (κ2) is 7.77. The van der Waals surface area contributed by atoms with E-state index in [4.69, 9.17) is 9.84 Å². The van der Waals surface area contributed by atoms with Crippen LogP contribution in [0.4, 0.5) is 0 Å². The van der Waals surface area contributed by atoms with Gasteiger partial charge in [0.1, 0.15) is 12.3 Å². The quantitative estimate of drug-likeness (QED) is 0.840. The van der Waals surface area contributed by atoms with Gasteiger partial charge >= 0.3 is 0 Å².